The summed E-state index contributed by atoms with van der Waals surface area (Å²) in [5.74, 6) is 0.0269. The Morgan fingerprint density at radius 1 is 1.10 bits per heavy atom. The number of anilines is 2. The monoisotopic (exact) mass is 275 g/mol. The number of nitrogens with one attached hydrogen (secondary N) is 3. The minimum atomic E-state index is -0.174. The number of carbonyl (C=O) groups excluding carboxylic acids is 2. The molecule has 3 N–H and O–H groups in total. The summed E-state index contributed by atoms with van der Waals surface area (Å²) in [6.07, 6.45) is 4.58. The number of benzene rings is 1. The van der Waals surface area contributed by atoms with Crippen molar-refractivity contribution >= 4 is 23.3 Å². The number of amides is 3. The van der Waals surface area contributed by atoms with Crippen LogP contribution >= 0.6 is 0 Å². The molecule has 20 heavy (non-hydrogen) atoms. The Morgan fingerprint density at radius 2 is 1.70 bits per heavy atom. The van der Waals surface area contributed by atoms with Crippen LogP contribution in [0.2, 0.25) is 0 Å². The molecule has 0 heterocycles. The second-order valence-electron chi connectivity index (χ2n) is 5.10. The Kier molecular flexibility index (Phi) is 4.98. The molecule has 1 aliphatic carbocycles. The molecule has 1 aromatic carbocycles. The van der Waals surface area contributed by atoms with E-state index in [-0.39, 0.29) is 11.9 Å². The number of urea groups is 1. The van der Waals surface area contributed by atoms with Crippen LogP contribution in [0.4, 0.5) is 16.2 Å². The first kappa shape index (κ1) is 14.4. The second-order valence-corrected chi connectivity index (χ2v) is 5.10. The molecule has 0 aliphatic heterocycles. The van der Waals surface area contributed by atoms with Crippen LogP contribution in [0.3, 0.4) is 0 Å². The molecule has 1 fully saturated rings. The molecule has 1 saturated carbocycles. The van der Waals surface area contributed by atoms with Crippen LogP contribution in [0.1, 0.15) is 39.0 Å². The first-order valence-electron chi connectivity index (χ1n) is 7.15. The number of rotatable bonds is 6. The van der Waals surface area contributed by atoms with Gasteiger partial charge >= 0.3 is 6.03 Å². The maximum absolute atomic E-state index is 11.6. The Hall–Kier alpha value is -2.04. The third-order valence-electron chi connectivity index (χ3n) is 3.10. The van der Waals surface area contributed by atoms with E-state index in [1.54, 1.807) is 24.3 Å². The van der Waals surface area contributed by atoms with Gasteiger partial charge in [-0.3, -0.25) is 4.79 Å². The molecule has 1 aliphatic rings. The molecular weight excluding hydrogens is 254 g/mol. The fraction of sp³-hybridized carbons (Fsp3) is 0.467. The lowest BCUT2D eigenvalue weighted by atomic mass is 10.2. The van der Waals surface area contributed by atoms with Gasteiger partial charge in [0.2, 0.25) is 5.91 Å². The number of carbonyl (C=O) groups is 2. The minimum Gasteiger partial charge on any atom is -0.335 e. The quantitative estimate of drug-likeness (QED) is 0.746. The highest BCUT2D eigenvalue weighted by Gasteiger charge is 2.23. The lowest BCUT2D eigenvalue weighted by Crippen LogP contribution is -2.30. The smallest absolute Gasteiger partial charge is 0.319 e. The van der Waals surface area contributed by atoms with Crippen molar-refractivity contribution in [3.05, 3.63) is 24.3 Å². The third kappa shape index (κ3) is 4.91. The van der Waals surface area contributed by atoms with Gasteiger partial charge in [0.1, 0.15) is 0 Å². The molecule has 1 aromatic rings. The molecule has 108 valence electrons. The van der Waals surface area contributed by atoms with E-state index in [0.717, 1.165) is 37.1 Å². The Morgan fingerprint density at radius 3 is 2.25 bits per heavy atom. The van der Waals surface area contributed by atoms with E-state index in [9.17, 15) is 9.59 Å². The van der Waals surface area contributed by atoms with E-state index in [2.05, 4.69) is 22.9 Å². The van der Waals surface area contributed by atoms with Gasteiger partial charge in [-0.15, -0.1) is 0 Å². The zero-order chi connectivity index (χ0) is 14.4. The SMILES string of the molecule is CCCCC(=O)Nc1ccc(NC(=O)NC2CC2)cc1. The van der Waals surface area contributed by atoms with Gasteiger partial charge < -0.3 is 16.0 Å². The largest absolute Gasteiger partial charge is 0.335 e. The van der Waals surface area contributed by atoms with Gasteiger partial charge in [-0.2, -0.15) is 0 Å². The number of hydrogen-bond donors (Lipinski definition) is 3. The predicted molar refractivity (Wildman–Crippen MR) is 79.8 cm³/mol. The summed E-state index contributed by atoms with van der Waals surface area (Å²) in [6, 6.07) is 7.30. The molecule has 0 unspecified atom stereocenters. The summed E-state index contributed by atoms with van der Waals surface area (Å²) in [5, 5.41) is 8.45. The number of unbranched alkanes of at least 4 members (excludes halogenated alkanes) is 1. The second kappa shape index (κ2) is 6.93. The highest BCUT2D eigenvalue weighted by Crippen LogP contribution is 2.19. The van der Waals surface area contributed by atoms with Crippen LogP contribution in [0.25, 0.3) is 0 Å². The van der Waals surface area contributed by atoms with Crippen molar-refractivity contribution in [1.82, 2.24) is 5.32 Å². The normalized spacial score (nSPS) is 13.7. The Bertz CT molecular complexity index is 467. The van der Waals surface area contributed by atoms with Crippen molar-refractivity contribution < 1.29 is 9.59 Å². The molecule has 2 rings (SSSR count). The van der Waals surface area contributed by atoms with Crippen LogP contribution in [-0.2, 0) is 4.79 Å². The summed E-state index contributed by atoms with van der Waals surface area (Å²) >= 11 is 0. The van der Waals surface area contributed by atoms with Crippen molar-refractivity contribution in [2.45, 2.75) is 45.1 Å². The summed E-state index contributed by atoms with van der Waals surface area (Å²) in [4.78, 5) is 23.1. The minimum absolute atomic E-state index is 0.0269. The van der Waals surface area contributed by atoms with Crippen LogP contribution < -0.4 is 16.0 Å². The predicted octanol–water partition coefficient (Wildman–Crippen LogP) is 3.10. The molecule has 5 heteroatoms. The van der Waals surface area contributed by atoms with Gasteiger partial charge in [-0.05, 0) is 43.5 Å². The third-order valence-corrected chi connectivity index (χ3v) is 3.10. The summed E-state index contributed by atoms with van der Waals surface area (Å²) < 4.78 is 0. The average Bonchev–Trinajstić information content (AvgIpc) is 3.22. The summed E-state index contributed by atoms with van der Waals surface area (Å²) in [5.41, 5.74) is 1.47. The Balaban J connectivity index is 1.79. The lowest BCUT2D eigenvalue weighted by molar-refractivity contribution is -0.116. The van der Waals surface area contributed by atoms with Crippen LogP contribution in [0.15, 0.2) is 24.3 Å². The molecule has 0 aromatic heterocycles. The van der Waals surface area contributed by atoms with Gasteiger partial charge in [0.15, 0.2) is 0 Å². The molecule has 5 nitrogen and oxygen atoms in total. The summed E-state index contributed by atoms with van der Waals surface area (Å²) in [6.45, 7) is 2.06. The molecule has 0 spiro atoms. The van der Waals surface area contributed by atoms with Crippen LogP contribution in [0.5, 0.6) is 0 Å². The zero-order valence-corrected chi connectivity index (χ0v) is 11.7. The van der Waals surface area contributed by atoms with Crippen molar-refractivity contribution in [3.8, 4) is 0 Å². The van der Waals surface area contributed by atoms with Gasteiger partial charge in [0, 0.05) is 23.8 Å². The highest BCUT2D eigenvalue weighted by atomic mass is 16.2. The van der Waals surface area contributed by atoms with E-state index in [1.807, 2.05) is 0 Å². The summed E-state index contributed by atoms with van der Waals surface area (Å²) in [7, 11) is 0. The first-order chi connectivity index (χ1) is 9.67. The maximum Gasteiger partial charge on any atom is 0.319 e. The molecule has 0 atom stereocenters. The average molecular weight is 275 g/mol. The molecule has 0 saturated heterocycles. The fourth-order valence-electron chi connectivity index (χ4n) is 1.78. The van der Waals surface area contributed by atoms with E-state index in [1.165, 1.54) is 0 Å². The molecule has 3 amide bonds. The van der Waals surface area contributed by atoms with Crippen molar-refractivity contribution in [3.63, 3.8) is 0 Å². The van der Waals surface area contributed by atoms with Gasteiger partial charge in [0.05, 0.1) is 0 Å². The standard InChI is InChI=1S/C15H21N3O2/c1-2-3-4-14(19)16-11-5-7-12(8-6-11)17-15(20)18-13-9-10-13/h5-8,13H,2-4,9-10H2,1H3,(H,16,19)(H2,17,18,20). The first-order valence-corrected chi connectivity index (χ1v) is 7.15. The zero-order valence-electron chi connectivity index (χ0n) is 11.7. The maximum atomic E-state index is 11.6. The van der Waals surface area contributed by atoms with Gasteiger partial charge in [-0.25, -0.2) is 4.79 Å². The van der Waals surface area contributed by atoms with Gasteiger partial charge in [0.25, 0.3) is 0 Å². The van der Waals surface area contributed by atoms with E-state index in [0.29, 0.717) is 12.5 Å². The number of hydrogen-bond acceptors (Lipinski definition) is 2. The lowest BCUT2D eigenvalue weighted by Gasteiger charge is -2.08. The fourth-order valence-corrected chi connectivity index (χ4v) is 1.78. The molecule has 0 radical (unpaired) electrons. The van der Waals surface area contributed by atoms with Gasteiger partial charge in [-0.1, -0.05) is 13.3 Å². The van der Waals surface area contributed by atoms with E-state index >= 15 is 0 Å². The van der Waals surface area contributed by atoms with Crippen molar-refractivity contribution in [1.29, 1.82) is 0 Å². The van der Waals surface area contributed by atoms with Crippen molar-refractivity contribution in [2.24, 2.45) is 0 Å². The Labute approximate surface area is 119 Å². The van der Waals surface area contributed by atoms with E-state index < -0.39 is 0 Å². The van der Waals surface area contributed by atoms with Crippen LogP contribution in [-0.4, -0.2) is 18.0 Å². The molecular formula is C15H21N3O2. The molecule has 0 bridgehead atoms. The van der Waals surface area contributed by atoms with E-state index in [4.69, 9.17) is 0 Å². The van der Waals surface area contributed by atoms with Crippen LogP contribution in [0, 0.1) is 0 Å². The van der Waals surface area contributed by atoms with Crippen molar-refractivity contribution in [2.75, 3.05) is 10.6 Å². The highest BCUT2D eigenvalue weighted by molar-refractivity contribution is 5.92. The topological polar surface area (TPSA) is 70.2 Å².